The van der Waals surface area contributed by atoms with Gasteiger partial charge in [0.2, 0.25) is 0 Å². The average Bonchev–Trinajstić information content (AvgIpc) is 3.07. The number of nitrogens with one attached hydrogen (secondary N) is 1. The molecule has 8 heteroatoms. The molecule has 1 aliphatic heterocycles. The summed E-state index contributed by atoms with van der Waals surface area (Å²) in [6.07, 6.45) is 5.10. The topological polar surface area (TPSA) is 88.8 Å². The first kappa shape index (κ1) is 16.2. The van der Waals surface area contributed by atoms with E-state index in [2.05, 4.69) is 30.5 Å². The Kier molecular flexibility index (Phi) is 4.30. The summed E-state index contributed by atoms with van der Waals surface area (Å²) in [5, 5.41) is 15.6. The smallest absolute Gasteiger partial charge is 0.269 e. The van der Waals surface area contributed by atoms with Gasteiger partial charge in [0.15, 0.2) is 5.82 Å². The van der Waals surface area contributed by atoms with Crippen LogP contribution in [-0.4, -0.2) is 50.5 Å². The molecule has 1 amide bonds. The maximum absolute atomic E-state index is 12.1. The van der Waals surface area contributed by atoms with Crippen LogP contribution in [0.2, 0.25) is 0 Å². The third-order valence-electron chi connectivity index (χ3n) is 4.51. The summed E-state index contributed by atoms with van der Waals surface area (Å²) in [6.45, 7) is 2.35. The van der Waals surface area contributed by atoms with E-state index in [0.717, 1.165) is 30.2 Å². The highest BCUT2D eigenvalue weighted by atomic mass is 16.2. The zero-order valence-electron chi connectivity index (χ0n) is 14.4. The van der Waals surface area contributed by atoms with Crippen LogP contribution in [0.25, 0.3) is 11.3 Å². The van der Waals surface area contributed by atoms with Crippen LogP contribution in [0.3, 0.4) is 0 Å². The molecule has 26 heavy (non-hydrogen) atoms. The predicted molar refractivity (Wildman–Crippen MR) is 96.5 cm³/mol. The molecule has 4 rings (SSSR count). The number of rotatable bonds is 5. The number of aryl methyl sites for hydroxylation is 1. The fourth-order valence-corrected chi connectivity index (χ4v) is 2.98. The summed E-state index contributed by atoms with van der Waals surface area (Å²) in [6, 6.07) is 9.48. The molecule has 0 aromatic carbocycles. The number of aromatic nitrogens is 5. The molecule has 0 unspecified atom stereocenters. The fourth-order valence-electron chi connectivity index (χ4n) is 2.98. The van der Waals surface area contributed by atoms with Gasteiger partial charge in [-0.3, -0.25) is 14.5 Å². The van der Waals surface area contributed by atoms with Gasteiger partial charge in [-0.2, -0.15) is 5.10 Å². The lowest BCUT2D eigenvalue weighted by molar-refractivity contribution is 0.0935. The van der Waals surface area contributed by atoms with Crippen molar-refractivity contribution in [2.45, 2.75) is 0 Å². The Hall–Kier alpha value is -3.29. The van der Waals surface area contributed by atoms with Gasteiger partial charge in [0.05, 0.1) is 5.69 Å². The van der Waals surface area contributed by atoms with Crippen LogP contribution in [0.15, 0.2) is 48.9 Å². The van der Waals surface area contributed by atoms with E-state index in [4.69, 9.17) is 0 Å². The van der Waals surface area contributed by atoms with Gasteiger partial charge in [-0.15, -0.1) is 10.2 Å². The van der Waals surface area contributed by atoms with Crippen molar-refractivity contribution >= 4 is 11.7 Å². The Morgan fingerprint density at radius 1 is 1.12 bits per heavy atom. The lowest BCUT2D eigenvalue weighted by atomic mass is 10.00. The number of nitrogens with zero attached hydrogens (tertiary/aromatic N) is 6. The van der Waals surface area contributed by atoms with E-state index in [1.165, 1.54) is 0 Å². The predicted octanol–water partition coefficient (Wildman–Crippen LogP) is 1.14. The van der Waals surface area contributed by atoms with E-state index in [-0.39, 0.29) is 5.91 Å². The summed E-state index contributed by atoms with van der Waals surface area (Å²) in [4.78, 5) is 18.2. The first-order valence-electron chi connectivity index (χ1n) is 8.46. The molecule has 0 radical (unpaired) electrons. The third-order valence-corrected chi connectivity index (χ3v) is 4.51. The molecule has 0 spiro atoms. The van der Waals surface area contributed by atoms with Crippen molar-refractivity contribution in [1.29, 1.82) is 0 Å². The van der Waals surface area contributed by atoms with Gasteiger partial charge >= 0.3 is 0 Å². The largest absolute Gasteiger partial charge is 0.354 e. The van der Waals surface area contributed by atoms with Gasteiger partial charge in [0.1, 0.15) is 5.69 Å². The summed E-state index contributed by atoms with van der Waals surface area (Å²) in [5.74, 6) is 1.18. The zero-order valence-corrected chi connectivity index (χ0v) is 14.4. The van der Waals surface area contributed by atoms with Crippen LogP contribution < -0.4 is 10.2 Å². The number of hydrogen-bond donors (Lipinski definition) is 1. The summed E-state index contributed by atoms with van der Waals surface area (Å²) < 4.78 is 1.57. The monoisotopic (exact) mass is 349 g/mol. The lowest BCUT2D eigenvalue weighted by Crippen LogP contribution is -2.52. The number of pyridine rings is 1. The maximum atomic E-state index is 12.1. The van der Waals surface area contributed by atoms with E-state index in [0.29, 0.717) is 18.2 Å². The Morgan fingerprint density at radius 3 is 2.58 bits per heavy atom. The molecule has 1 fully saturated rings. The zero-order chi connectivity index (χ0) is 17.9. The van der Waals surface area contributed by atoms with E-state index in [1.807, 2.05) is 24.3 Å². The summed E-state index contributed by atoms with van der Waals surface area (Å²) >= 11 is 0. The SMILES string of the molecule is Cn1nccc1C(=O)NCC1CN(c2ccc(-c3ccncc3)nn2)C1. The van der Waals surface area contributed by atoms with Crippen molar-refractivity contribution in [2.75, 3.05) is 24.5 Å². The lowest BCUT2D eigenvalue weighted by Gasteiger charge is -2.39. The van der Waals surface area contributed by atoms with Crippen LogP contribution in [-0.2, 0) is 7.05 Å². The Bertz CT molecular complexity index is 885. The first-order chi connectivity index (χ1) is 12.7. The van der Waals surface area contributed by atoms with Crippen LogP contribution in [0.1, 0.15) is 10.5 Å². The van der Waals surface area contributed by atoms with Gasteiger partial charge in [-0.05, 0) is 30.3 Å². The third kappa shape index (κ3) is 3.26. The molecule has 4 heterocycles. The molecular formula is C18H19N7O. The molecule has 3 aromatic heterocycles. The summed E-state index contributed by atoms with van der Waals surface area (Å²) in [7, 11) is 1.76. The second-order valence-electron chi connectivity index (χ2n) is 6.33. The normalized spacial score (nSPS) is 14.1. The molecule has 1 N–H and O–H groups in total. The molecular weight excluding hydrogens is 330 g/mol. The number of hydrogen-bond acceptors (Lipinski definition) is 6. The second-order valence-corrected chi connectivity index (χ2v) is 6.33. The highest BCUT2D eigenvalue weighted by Gasteiger charge is 2.28. The molecule has 8 nitrogen and oxygen atoms in total. The minimum absolute atomic E-state index is 0.0926. The van der Waals surface area contributed by atoms with Gasteiger partial charge < -0.3 is 10.2 Å². The van der Waals surface area contributed by atoms with Crippen LogP contribution >= 0.6 is 0 Å². The van der Waals surface area contributed by atoms with Crippen LogP contribution in [0, 0.1) is 5.92 Å². The number of amides is 1. The second kappa shape index (κ2) is 6.91. The Labute approximate surface area is 150 Å². The van der Waals surface area contributed by atoms with E-state index < -0.39 is 0 Å². The van der Waals surface area contributed by atoms with Gasteiger partial charge in [0.25, 0.3) is 5.91 Å². The van der Waals surface area contributed by atoms with Crippen molar-refractivity contribution in [3.63, 3.8) is 0 Å². The number of carbonyl (C=O) groups excluding carboxylic acids is 1. The van der Waals surface area contributed by atoms with E-state index in [1.54, 1.807) is 36.4 Å². The fraction of sp³-hybridized carbons (Fsp3) is 0.278. The highest BCUT2D eigenvalue weighted by Crippen LogP contribution is 2.23. The standard InChI is InChI=1S/C18H19N7O/c1-24-16(6-9-21-24)18(26)20-10-13-11-25(12-13)17-3-2-15(22-23-17)14-4-7-19-8-5-14/h2-9,13H,10-12H2,1H3,(H,20,26). The van der Waals surface area contributed by atoms with Crippen molar-refractivity contribution < 1.29 is 4.79 Å². The van der Waals surface area contributed by atoms with Crippen molar-refractivity contribution in [3.05, 3.63) is 54.6 Å². The molecule has 0 bridgehead atoms. The average molecular weight is 349 g/mol. The minimum atomic E-state index is -0.0926. The minimum Gasteiger partial charge on any atom is -0.354 e. The number of anilines is 1. The molecule has 0 atom stereocenters. The summed E-state index contributed by atoms with van der Waals surface area (Å²) in [5.41, 5.74) is 2.40. The van der Waals surface area contributed by atoms with Crippen molar-refractivity contribution in [1.82, 2.24) is 30.3 Å². The Morgan fingerprint density at radius 2 is 1.92 bits per heavy atom. The Balaban J connectivity index is 1.28. The first-order valence-corrected chi connectivity index (χ1v) is 8.46. The highest BCUT2D eigenvalue weighted by molar-refractivity contribution is 5.92. The quantitative estimate of drug-likeness (QED) is 0.743. The molecule has 3 aromatic rings. The maximum Gasteiger partial charge on any atom is 0.269 e. The number of carbonyl (C=O) groups is 1. The van der Waals surface area contributed by atoms with Gasteiger partial charge in [0, 0.05) is 56.8 Å². The van der Waals surface area contributed by atoms with Crippen molar-refractivity contribution in [3.8, 4) is 11.3 Å². The van der Waals surface area contributed by atoms with E-state index in [9.17, 15) is 4.79 Å². The van der Waals surface area contributed by atoms with Crippen molar-refractivity contribution in [2.24, 2.45) is 13.0 Å². The van der Waals surface area contributed by atoms with Gasteiger partial charge in [-0.1, -0.05) is 0 Å². The molecule has 0 saturated carbocycles. The molecule has 1 saturated heterocycles. The van der Waals surface area contributed by atoms with Crippen LogP contribution in [0.5, 0.6) is 0 Å². The van der Waals surface area contributed by atoms with E-state index >= 15 is 0 Å². The van der Waals surface area contributed by atoms with Crippen LogP contribution in [0.4, 0.5) is 5.82 Å². The molecule has 1 aliphatic rings. The molecule has 132 valence electrons. The van der Waals surface area contributed by atoms with Gasteiger partial charge in [-0.25, -0.2) is 0 Å². The molecule has 0 aliphatic carbocycles.